The van der Waals surface area contributed by atoms with E-state index in [0.717, 1.165) is 11.1 Å². The molecular formula is C16H22N2O3. The summed E-state index contributed by atoms with van der Waals surface area (Å²) in [6.45, 7) is 6.32. The number of carbonyl (C=O) groups is 1. The molecule has 1 aromatic rings. The molecule has 0 spiro atoms. The minimum absolute atomic E-state index is 0.201. The lowest BCUT2D eigenvalue weighted by atomic mass is 9.76. The standard InChI is InChI=1S/C16H22N2O3/c1-9-10-6-13(20-4)14(21-5)7-11(10)12(8-15(17)19)18-16(9,2)3/h6-9,18H,1-5H3,(H2,17,19). The van der Waals surface area contributed by atoms with Gasteiger partial charge >= 0.3 is 0 Å². The zero-order valence-corrected chi connectivity index (χ0v) is 13.1. The van der Waals surface area contributed by atoms with Gasteiger partial charge in [0.1, 0.15) is 0 Å². The van der Waals surface area contributed by atoms with Crippen LogP contribution in [0.15, 0.2) is 18.2 Å². The second kappa shape index (κ2) is 5.31. The summed E-state index contributed by atoms with van der Waals surface area (Å²) in [5.74, 6) is 1.06. The molecule has 114 valence electrons. The fraction of sp³-hybridized carbons (Fsp3) is 0.438. The third kappa shape index (κ3) is 2.68. The number of hydrogen-bond acceptors (Lipinski definition) is 4. The zero-order chi connectivity index (χ0) is 15.8. The summed E-state index contributed by atoms with van der Waals surface area (Å²) in [6.07, 6.45) is 1.42. The van der Waals surface area contributed by atoms with Gasteiger partial charge in [-0.3, -0.25) is 4.79 Å². The van der Waals surface area contributed by atoms with Crippen molar-refractivity contribution in [1.29, 1.82) is 0 Å². The third-order valence-electron chi connectivity index (χ3n) is 4.14. The summed E-state index contributed by atoms with van der Waals surface area (Å²) in [4.78, 5) is 11.3. The first-order chi connectivity index (χ1) is 9.80. The highest BCUT2D eigenvalue weighted by Crippen LogP contribution is 2.43. The number of benzene rings is 1. The predicted molar refractivity (Wildman–Crippen MR) is 82.3 cm³/mol. The molecule has 0 aliphatic carbocycles. The van der Waals surface area contributed by atoms with Crippen molar-refractivity contribution in [2.75, 3.05) is 14.2 Å². The van der Waals surface area contributed by atoms with Crippen LogP contribution in [0.2, 0.25) is 0 Å². The van der Waals surface area contributed by atoms with Crippen LogP contribution < -0.4 is 20.5 Å². The fourth-order valence-corrected chi connectivity index (χ4v) is 2.65. The van der Waals surface area contributed by atoms with Gasteiger partial charge in [0.25, 0.3) is 0 Å². The van der Waals surface area contributed by atoms with Gasteiger partial charge in [-0.1, -0.05) is 6.92 Å². The molecule has 0 radical (unpaired) electrons. The van der Waals surface area contributed by atoms with Crippen LogP contribution in [-0.2, 0) is 4.79 Å². The summed E-state index contributed by atoms with van der Waals surface area (Å²) < 4.78 is 10.7. The molecule has 2 rings (SSSR count). The van der Waals surface area contributed by atoms with Crippen LogP contribution in [0.5, 0.6) is 11.5 Å². The Bertz CT molecular complexity index is 606. The normalized spacial score (nSPS) is 21.4. The second-order valence-corrected chi connectivity index (χ2v) is 5.82. The fourth-order valence-electron chi connectivity index (χ4n) is 2.65. The van der Waals surface area contributed by atoms with Gasteiger partial charge in [0.15, 0.2) is 11.5 Å². The predicted octanol–water partition coefficient (Wildman–Crippen LogP) is 2.02. The van der Waals surface area contributed by atoms with E-state index in [1.165, 1.54) is 6.08 Å². The van der Waals surface area contributed by atoms with E-state index in [1.807, 2.05) is 12.1 Å². The lowest BCUT2D eigenvalue weighted by Gasteiger charge is -2.41. The molecule has 1 aliphatic rings. The molecule has 1 atom stereocenters. The monoisotopic (exact) mass is 290 g/mol. The first-order valence-electron chi connectivity index (χ1n) is 6.85. The van der Waals surface area contributed by atoms with Crippen molar-refractivity contribution in [2.45, 2.75) is 32.2 Å². The van der Waals surface area contributed by atoms with Crippen molar-refractivity contribution in [1.82, 2.24) is 5.32 Å². The molecule has 3 N–H and O–H groups in total. The van der Waals surface area contributed by atoms with Gasteiger partial charge in [-0.05, 0) is 31.5 Å². The molecule has 1 aromatic carbocycles. The number of amides is 1. The zero-order valence-electron chi connectivity index (χ0n) is 13.1. The number of nitrogens with two attached hydrogens (primary N) is 1. The smallest absolute Gasteiger partial charge is 0.243 e. The Morgan fingerprint density at radius 3 is 2.38 bits per heavy atom. The molecular weight excluding hydrogens is 268 g/mol. The number of nitrogens with one attached hydrogen (secondary N) is 1. The molecule has 0 saturated carbocycles. The van der Waals surface area contributed by atoms with Gasteiger partial charge in [0.2, 0.25) is 5.91 Å². The molecule has 0 saturated heterocycles. The van der Waals surface area contributed by atoms with E-state index in [4.69, 9.17) is 15.2 Å². The van der Waals surface area contributed by atoms with Crippen LogP contribution >= 0.6 is 0 Å². The van der Waals surface area contributed by atoms with Crippen LogP contribution in [0.3, 0.4) is 0 Å². The van der Waals surface area contributed by atoms with E-state index in [0.29, 0.717) is 17.2 Å². The summed E-state index contributed by atoms with van der Waals surface area (Å²) in [5, 5.41) is 3.38. The SMILES string of the molecule is COc1cc2c(cc1OC)C(C)C(C)(C)NC2=CC(N)=O. The van der Waals surface area contributed by atoms with Crippen LogP contribution in [0.1, 0.15) is 37.8 Å². The maximum absolute atomic E-state index is 11.3. The van der Waals surface area contributed by atoms with E-state index in [1.54, 1.807) is 14.2 Å². The van der Waals surface area contributed by atoms with Gasteiger partial charge in [-0.2, -0.15) is 0 Å². The Hall–Kier alpha value is -2.17. The van der Waals surface area contributed by atoms with Crippen molar-refractivity contribution in [3.8, 4) is 11.5 Å². The molecule has 1 unspecified atom stereocenters. The van der Waals surface area contributed by atoms with E-state index < -0.39 is 5.91 Å². The van der Waals surface area contributed by atoms with Gasteiger partial charge in [-0.15, -0.1) is 0 Å². The summed E-state index contributed by atoms with van der Waals surface area (Å²) in [5.41, 5.74) is 7.84. The molecule has 21 heavy (non-hydrogen) atoms. The van der Waals surface area contributed by atoms with Gasteiger partial charge in [-0.25, -0.2) is 0 Å². The highest BCUT2D eigenvalue weighted by Gasteiger charge is 2.35. The lowest BCUT2D eigenvalue weighted by molar-refractivity contribution is -0.113. The lowest BCUT2D eigenvalue weighted by Crippen LogP contribution is -2.46. The van der Waals surface area contributed by atoms with E-state index in [9.17, 15) is 4.79 Å². The Morgan fingerprint density at radius 1 is 1.29 bits per heavy atom. The van der Waals surface area contributed by atoms with Crippen LogP contribution in [0.25, 0.3) is 5.70 Å². The average Bonchev–Trinajstić information content (AvgIpc) is 2.42. The first-order valence-corrected chi connectivity index (χ1v) is 6.85. The van der Waals surface area contributed by atoms with Crippen molar-refractivity contribution in [2.24, 2.45) is 5.73 Å². The Labute approximate surface area is 125 Å². The molecule has 5 nitrogen and oxygen atoms in total. The van der Waals surface area contributed by atoms with Crippen LogP contribution in [0, 0.1) is 0 Å². The van der Waals surface area contributed by atoms with Crippen LogP contribution in [-0.4, -0.2) is 25.7 Å². The van der Waals surface area contributed by atoms with Gasteiger partial charge < -0.3 is 20.5 Å². The number of rotatable bonds is 3. The maximum Gasteiger partial charge on any atom is 0.243 e. The molecule has 1 aliphatic heterocycles. The van der Waals surface area contributed by atoms with Gasteiger partial charge in [0, 0.05) is 28.8 Å². The molecule has 0 bridgehead atoms. The second-order valence-electron chi connectivity index (χ2n) is 5.82. The van der Waals surface area contributed by atoms with Crippen molar-refractivity contribution in [3.05, 3.63) is 29.3 Å². The maximum atomic E-state index is 11.3. The largest absolute Gasteiger partial charge is 0.493 e. The third-order valence-corrected chi connectivity index (χ3v) is 4.14. The van der Waals surface area contributed by atoms with E-state index in [2.05, 4.69) is 26.1 Å². The molecule has 5 heteroatoms. The summed E-state index contributed by atoms with van der Waals surface area (Å²) in [6, 6.07) is 3.85. The Kier molecular flexibility index (Phi) is 3.85. The number of ether oxygens (including phenoxy) is 2. The Morgan fingerprint density at radius 2 is 1.86 bits per heavy atom. The highest BCUT2D eigenvalue weighted by molar-refractivity contribution is 5.94. The molecule has 0 aromatic heterocycles. The minimum Gasteiger partial charge on any atom is -0.493 e. The topological polar surface area (TPSA) is 73.6 Å². The van der Waals surface area contributed by atoms with E-state index in [-0.39, 0.29) is 11.5 Å². The number of methoxy groups -OCH3 is 2. The van der Waals surface area contributed by atoms with Crippen molar-refractivity contribution < 1.29 is 14.3 Å². The quantitative estimate of drug-likeness (QED) is 0.835. The van der Waals surface area contributed by atoms with Gasteiger partial charge in [0.05, 0.1) is 14.2 Å². The minimum atomic E-state index is -0.483. The van der Waals surface area contributed by atoms with Crippen molar-refractivity contribution in [3.63, 3.8) is 0 Å². The average molecular weight is 290 g/mol. The Balaban J connectivity index is 2.70. The van der Waals surface area contributed by atoms with E-state index >= 15 is 0 Å². The molecule has 1 amide bonds. The number of hydrogen-bond donors (Lipinski definition) is 2. The summed E-state index contributed by atoms with van der Waals surface area (Å²) in [7, 11) is 3.20. The summed E-state index contributed by atoms with van der Waals surface area (Å²) >= 11 is 0. The number of carbonyl (C=O) groups excluding carboxylic acids is 1. The van der Waals surface area contributed by atoms with Crippen molar-refractivity contribution >= 4 is 11.6 Å². The van der Waals surface area contributed by atoms with Crippen LogP contribution in [0.4, 0.5) is 0 Å². The number of primary amides is 1. The first kappa shape index (κ1) is 15.2. The highest BCUT2D eigenvalue weighted by atomic mass is 16.5. The molecule has 1 heterocycles. The number of fused-ring (bicyclic) bond motifs is 1. The molecule has 0 fully saturated rings.